The molecule has 70 valence electrons. The first kappa shape index (κ1) is 9.54. The van der Waals surface area contributed by atoms with E-state index >= 15 is 0 Å². The second-order valence-corrected chi connectivity index (χ2v) is 5.42. The van der Waals surface area contributed by atoms with Crippen LogP contribution >= 0.6 is 27.5 Å². The standard InChI is InChI=1S/C11H12BrCl/c1-11(6-7-11)10(12)8-2-4-9(13)5-3-8/h2-5,10H,6-7H2,1H3. The van der Waals surface area contributed by atoms with Gasteiger partial charge in [0.15, 0.2) is 0 Å². The van der Waals surface area contributed by atoms with Crippen molar-refractivity contribution in [1.82, 2.24) is 0 Å². The van der Waals surface area contributed by atoms with Crippen molar-refractivity contribution in [3.63, 3.8) is 0 Å². The molecule has 0 heterocycles. The van der Waals surface area contributed by atoms with Gasteiger partial charge in [-0.1, -0.05) is 46.6 Å². The number of hydrogen-bond donors (Lipinski definition) is 0. The molecule has 1 unspecified atom stereocenters. The first-order valence-corrected chi connectivity index (χ1v) is 5.81. The molecule has 13 heavy (non-hydrogen) atoms. The minimum Gasteiger partial charge on any atom is -0.0843 e. The lowest BCUT2D eigenvalue weighted by Gasteiger charge is -2.16. The maximum atomic E-state index is 5.83. The Balaban J connectivity index is 2.20. The number of hydrogen-bond acceptors (Lipinski definition) is 0. The monoisotopic (exact) mass is 258 g/mol. The van der Waals surface area contributed by atoms with Crippen LogP contribution in [0.15, 0.2) is 24.3 Å². The highest BCUT2D eigenvalue weighted by Gasteiger charge is 2.44. The van der Waals surface area contributed by atoms with Gasteiger partial charge in [-0.05, 0) is 36.0 Å². The Hall–Kier alpha value is -0.0100. The normalized spacial score (nSPS) is 21.2. The Morgan fingerprint density at radius 2 is 1.85 bits per heavy atom. The van der Waals surface area contributed by atoms with Crippen molar-refractivity contribution in [2.24, 2.45) is 5.41 Å². The number of rotatable bonds is 2. The van der Waals surface area contributed by atoms with Crippen LogP contribution in [-0.2, 0) is 0 Å². The van der Waals surface area contributed by atoms with Gasteiger partial charge in [0.05, 0.1) is 0 Å². The molecule has 0 nitrogen and oxygen atoms in total. The van der Waals surface area contributed by atoms with Crippen LogP contribution in [0.5, 0.6) is 0 Å². The van der Waals surface area contributed by atoms with Crippen molar-refractivity contribution in [2.75, 3.05) is 0 Å². The SMILES string of the molecule is CC1(C(Br)c2ccc(Cl)cc2)CC1. The minimum atomic E-state index is 0.480. The molecule has 0 spiro atoms. The fraction of sp³-hybridized carbons (Fsp3) is 0.455. The van der Waals surface area contributed by atoms with Crippen molar-refractivity contribution in [3.8, 4) is 0 Å². The van der Waals surface area contributed by atoms with Gasteiger partial charge in [-0.2, -0.15) is 0 Å². The van der Waals surface area contributed by atoms with Gasteiger partial charge >= 0.3 is 0 Å². The molecule has 1 aliphatic carbocycles. The van der Waals surface area contributed by atoms with Gasteiger partial charge < -0.3 is 0 Å². The van der Waals surface area contributed by atoms with Gasteiger partial charge in [0.25, 0.3) is 0 Å². The largest absolute Gasteiger partial charge is 0.0843 e. The smallest absolute Gasteiger partial charge is 0.0448 e. The molecule has 1 aromatic carbocycles. The van der Waals surface area contributed by atoms with Gasteiger partial charge in [-0.25, -0.2) is 0 Å². The summed E-state index contributed by atoms with van der Waals surface area (Å²) in [6, 6.07) is 8.12. The highest BCUT2D eigenvalue weighted by molar-refractivity contribution is 9.09. The summed E-state index contributed by atoms with van der Waals surface area (Å²) in [6.07, 6.45) is 2.65. The fourth-order valence-corrected chi connectivity index (χ4v) is 2.37. The lowest BCUT2D eigenvalue weighted by Crippen LogP contribution is -2.02. The van der Waals surface area contributed by atoms with E-state index in [1.807, 2.05) is 12.1 Å². The van der Waals surface area contributed by atoms with Crippen LogP contribution in [0, 0.1) is 5.41 Å². The molecule has 0 aromatic heterocycles. The summed E-state index contributed by atoms with van der Waals surface area (Å²) in [4.78, 5) is 0.484. The summed E-state index contributed by atoms with van der Waals surface area (Å²) in [6.45, 7) is 2.32. The maximum Gasteiger partial charge on any atom is 0.0448 e. The number of benzene rings is 1. The van der Waals surface area contributed by atoms with E-state index in [0.717, 1.165) is 5.02 Å². The Labute approximate surface area is 92.4 Å². The molecular formula is C11H12BrCl. The van der Waals surface area contributed by atoms with Crippen LogP contribution in [0.2, 0.25) is 5.02 Å². The zero-order valence-electron chi connectivity index (χ0n) is 7.56. The van der Waals surface area contributed by atoms with E-state index in [9.17, 15) is 0 Å². The first-order chi connectivity index (χ1) is 6.12. The molecule has 0 aliphatic heterocycles. The van der Waals surface area contributed by atoms with Crippen LogP contribution in [0.25, 0.3) is 0 Å². The molecular weight excluding hydrogens is 247 g/mol. The summed E-state index contributed by atoms with van der Waals surface area (Å²) < 4.78 is 0. The molecule has 0 amide bonds. The number of alkyl halides is 1. The van der Waals surface area contributed by atoms with Gasteiger partial charge in [0.2, 0.25) is 0 Å². The second kappa shape index (κ2) is 3.29. The Morgan fingerprint density at radius 1 is 1.31 bits per heavy atom. The second-order valence-electron chi connectivity index (χ2n) is 4.07. The molecule has 1 aliphatic rings. The molecule has 0 radical (unpaired) electrons. The average molecular weight is 260 g/mol. The highest BCUT2D eigenvalue weighted by atomic mass is 79.9. The van der Waals surface area contributed by atoms with E-state index in [-0.39, 0.29) is 0 Å². The summed E-state index contributed by atoms with van der Waals surface area (Å²) >= 11 is 9.58. The van der Waals surface area contributed by atoms with Crippen molar-refractivity contribution >= 4 is 27.5 Å². The zero-order chi connectivity index (χ0) is 9.47. The molecule has 1 aromatic rings. The molecule has 2 heteroatoms. The molecule has 1 atom stereocenters. The summed E-state index contributed by atoms with van der Waals surface area (Å²) in [5.74, 6) is 0. The fourth-order valence-electron chi connectivity index (χ4n) is 1.48. The lowest BCUT2D eigenvalue weighted by molar-refractivity contribution is 0.565. The number of halogens is 2. The van der Waals surface area contributed by atoms with Gasteiger partial charge in [0, 0.05) is 9.85 Å². The molecule has 0 N–H and O–H groups in total. The highest BCUT2D eigenvalue weighted by Crippen LogP contribution is 2.58. The molecule has 1 fully saturated rings. The van der Waals surface area contributed by atoms with Gasteiger partial charge in [0.1, 0.15) is 0 Å². The topological polar surface area (TPSA) is 0 Å². The Kier molecular flexibility index (Phi) is 2.41. The van der Waals surface area contributed by atoms with E-state index < -0.39 is 0 Å². The first-order valence-electron chi connectivity index (χ1n) is 4.51. The third kappa shape index (κ3) is 1.92. The van der Waals surface area contributed by atoms with Crippen molar-refractivity contribution in [3.05, 3.63) is 34.9 Å². The maximum absolute atomic E-state index is 5.83. The molecule has 2 rings (SSSR count). The zero-order valence-corrected chi connectivity index (χ0v) is 9.90. The average Bonchev–Trinajstić information content (AvgIpc) is 2.85. The Morgan fingerprint density at radius 3 is 2.31 bits per heavy atom. The van der Waals surface area contributed by atoms with E-state index in [1.54, 1.807) is 0 Å². The van der Waals surface area contributed by atoms with E-state index in [4.69, 9.17) is 11.6 Å². The quantitative estimate of drug-likeness (QED) is 0.682. The summed E-state index contributed by atoms with van der Waals surface area (Å²) in [5.41, 5.74) is 1.82. The van der Waals surface area contributed by atoms with Gasteiger partial charge in [-0.15, -0.1) is 0 Å². The third-order valence-corrected chi connectivity index (χ3v) is 4.70. The van der Waals surface area contributed by atoms with Gasteiger partial charge in [-0.3, -0.25) is 0 Å². The van der Waals surface area contributed by atoms with Crippen LogP contribution in [0.1, 0.15) is 30.2 Å². The summed E-state index contributed by atoms with van der Waals surface area (Å²) in [5, 5.41) is 0.810. The van der Waals surface area contributed by atoms with Crippen molar-refractivity contribution in [1.29, 1.82) is 0 Å². The van der Waals surface area contributed by atoms with Crippen LogP contribution in [0.4, 0.5) is 0 Å². The van der Waals surface area contributed by atoms with Crippen LogP contribution < -0.4 is 0 Å². The molecule has 0 saturated heterocycles. The van der Waals surface area contributed by atoms with Crippen molar-refractivity contribution < 1.29 is 0 Å². The van der Waals surface area contributed by atoms with E-state index in [0.29, 0.717) is 10.2 Å². The van der Waals surface area contributed by atoms with Crippen LogP contribution in [-0.4, -0.2) is 0 Å². The predicted molar refractivity (Wildman–Crippen MR) is 60.5 cm³/mol. The molecule has 0 bridgehead atoms. The van der Waals surface area contributed by atoms with Crippen molar-refractivity contribution in [2.45, 2.75) is 24.6 Å². The van der Waals surface area contributed by atoms with E-state index in [1.165, 1.54) is 18.4 Å². The summed E-state index contributed by atoms with van der Waals surface area (Å²) in [7, 11) is 0. The molecule has 1 saturated carbocycles. The predicted octanol–water partition coefficient (Wildman–Crippen LogP) is 4.58. The van der Waals surface area contributed by atoms with E-state index in [2.05, 4.69) is 35.0 Å². The Bertz CT molecular complexity index is 300. The lowest BCUT2D eigenvalue weighted by atomic mass is 9.99. The van der Waals surface area contributed by atoms with Crippen LogP contribution in [0.3, 0.4) is 0 Å². The minimum absolute atomic E-state index is 0.480. The third-order valence-electron chi connectivity index (χ3n) is 2.81.